The first-order valence-electron chi connectivity index (χ1n) is 5.22. The van der Waals surface area contributed by atoms with Crippen LogP contribution in [0, 0.1) is 0 Å². The Labute approximate surface area is 124 Å². The molecule has 1 aromatic rings. The molecule has 3 N–H and O–H groups in total. The molecule has 0 fully saturated rings. The lowest BCUT2D eigenvalue weighted by atomic mass is 10.3. The molecule has 0 saturated carbocycles. The van der Waals surface area contributed by atoms with Crippen LogP contribution >= 0.6 is 34.8 Å². The van der Waals surface area contributed by atoms with E-state index in [0.717, 1.165) is 0 Å². The van der Waals surface area contributed by atoms with Gasteiger partial charge < -0.3 is 10.4 Å². The molecule has 0 aliphatic heterocycles. The molecule has 5 nitrogen and oxygen atoms in total. The average molecular weight is 326 g/mol. The molecular weight excluding hydrogens is 314 g/mol. The fraction of sp³-hybridized carbons (Fsp3) is 0.273. The Hall–Kier alpha value is -1.01. The predicted octanol–water partition coefficient (Wildman–Crippen LogP) is 2.65. The largest absolute Gasteiger partial charge is 0.480 e. The van der Waals surface area contributed by atoms with Crippen LogP contribution in [-0.4, -0.2) is 29.6 Å². The molecular formula is C11H11Cl3N2O3. The van der Waals surface area contributed by atoms with E-state index in [1.54, 1.807) is 0 Å². The molecule has 0 aromatic heterocycles. The summed E-state index contributed by atoms with van der Waals surface area (Å²) >= 11 is 17.4. The first kappa shape index (κ1) is 16.0. The van der Waals surface area contributed by atoms with Gasteiger partial charge in [0.05, 0.1) is 27.3 Å². The minimum atomic E-state index is -1.04. The van der Waals surface area contributed by atoms with Gasteiger partial charge in [0.25, 0.3) is 0 Å². The minimum Gasteiger partial charge on any atom is -0.480 e. The van der Waals surface area contributed by atoms with E-state index in [4.69, 9.17) is 39.9 Å². The first-order valence-corrected chi connectivity index (χ1v) is 6.35. The molecule has 104 valence electrons. The van der Waals surface area contributed by atoms with Gasteiger partial charge in [0.1, 0.15) is 6.04 Å². The van der Waals surface area contributed by atoms with Crippen LogP contribution in [0.3, 0.4) is 0 Å². The van der Waals surface area contributed by atoms with Gasteiger partial charge in [0, 0.05) is 0 Å². The number of carbonyl (C=O) groups is 2. The van der Waals surface area contributed by atoms with Crippen molar-refractivity contribution < 1.29 is 14.7 Å². The second kappa shape index (κ2) is 6.96. The summed E-state index contributed by atoms with van der Waals surface area (Å²) in [5, 5.41) is 14.5. The summed E-state index contributed by atoms with van der Waals surface area (Å²) in [5.74, 6) is -1.48. The molecule has 0 aliphatic rings. The SMILES string of the molecule is C[C@@H](NCC(=O)Nc1cc(Cl)c(Cl)cc1Cl)C(=O)O. The summed E-state index contributed by atoms with van der Waals surface area (Å²) in [6, 6.07) is 2.01. The predicted molar refractivity (Wildman–Crippen MR) is 75.2 cm³/mol. The van der Waals surface area contributed by atoms with E-state index in [1.807, 2.05) is 0 Å². The van der Waals surface area contributed by atoms with E-state index in [1.165, 1.54) is 19.1 Å². The van der Waals surface area contributed by atoms with Gasteiger partial charge in [-0.05, 0) is 19.1 Å². The lowest BCUT2D eigenvalue weighted by Gasteiger charge is -2.11. The highest BCUT2D eigenvalue weighted by molar-refractivity contribution is 6.44. The highest BCUT2D eigenvalue weighted by Crippen LogP contribution is 2.32. The van der Waals surface area contributed by atoms with Crippen LogP contribution in [0.25, 0.3) is 0 Å². The zero-order valence-electron chi connectivity index (χ0n) is 9.84. The number of rotatable bonds is 5. The summed E-state index contributed by atoms with van der Waals surface area (Å²) in [5.41, 5.74) is 0.311. The maximum atomic E-state index is 11.6. The Morgan fingerprint density at radius 3 is 2.37 bits per heavy atom. The van der Waals surface area contributed by atoms with Crippen LogP contribution in [0.1, 0.15) is 6.92 Å². The second-order valence-electron chi connectivity index (χ2n) is 3.74. The Morgan fingerprint density at radius 2 is 1.79 bits per heavy atom. The average Bonchev–Trinajstić information content (AvgIpc) is 2.32. The number of benzene rings is 1. The number of anilines is 1. The molecule has 19 heavy (non-hydrogen) atoms. The van der Waals surface area contributed by atoms with Crippen LogP contribution in [0.4, 0.5) is 5.69 Å². The summed E-state index contributed by atoms with van der Waals surface area (Å²) in [4.78, 5) is 22.1. The summed E-state index contributed by atoms with van der Waals surface area (Å²) in [6.45, 7) is 1.27. The van der Waals surface area contributed by atoms with Crippen LogP contribution < -0.4 is 10.6 Å². The Balaban J connectivity index is 2.62. The number of aliphatic carboxylic acids is 1. The van der Waals surface area contributed by atoms with Gasteiger partial charge in [-0.3, -0.25) is 14.9 Å². The van der Waals surface area contributed by atoms with Crippen LogP contribution in [0.15, 0.2) is 12.1 Å². The van der Waals surface area contributed by atoms with Crippen molar-refractivity contribution in [1.82, 2.24) is 5.32 Å². The third kappa shape index (κ3) is 4.87. The maximum Gasteiger partial charge on any atom is 0.320 e. The van der Waals surface area contributed by atoms with Gasteiger partial charge >= 0.3 is 5.97 Å². The van der Waals surface area contributed by atoms with Gasteiger partial charge in [-0.1, -0.05) is 34.8 Å². The van der Waals surface area contributed by atoms with E-state index in [2.05, 4.69) is 10.6 Å². The van der Waals surface area contributed by atoms with Crippen LogP contribution in [0.5, 0.6) is 0 Å². The molecule has 8 heteroatoms. The Morgan fingerprint density at radius 1 is 1.21 bits per heavy atom. The standard InChI is InChI=1S/C11H11Cl3N2O3/c1-5(11(18)19)15-4-10(17)16-9-3-7(13)6(12)2-8(9)14/h2-3,5,15H,4H2,1H3,(H,16,17)(H,18,19)/t5-/m1/s1. The third-order valence-corrected chi connectivity index (χ3v) is 3.26. The lowest BCUT2D eigenvalue weighted by molar-refractivity contribution is -0.139. The van der Waals surface area contributed by atoms with Crippen molar-refractivity contribution in [2.45, 2.75) is 13.0 Å². The van der Waals surface area contributed by atoms with E-state index in [-0.39, 0.29) is 21.6 Å². The highest BCUT2D eigenvalue weighted by atomic mass is 35.5. The number of carboxylic acids is 1. The molecule has 0 spiro atoms. The second-order valence-corrected chi connectivity index (χ2v) is 4.96. The number of halogens is 3. The summed E-state index contributed by atoms with van der Waals surface area (Å²) < 4.78 is 0. The topological polar surface area (TPSA) is 78.4 Å². The number of hydrogen-bond donors (Lipinski definition) is 3. The highest BCUT2D eigenvalue weighted by Gasteiger charge is 2.13. The molecule has 1 aromatic carbocycles. The fourth-order valence-electron chi connectivity index (χ4n) is 1.15. The van der Waals surface area contributed by atoms with Gasteiger partial charge in [-0.15, -0.1) is 0 Å². The lowest BCUT2D eigenvalue weighted by Crippen LogP contribution is -2.39. The molecule has 0 unspecified atom stereocenters. The van der Waals surface area contributed by atoms with Crippen molar-refractivity contribution in [2.24, 2.45) is 0 Å². The zero-order chi connectivity index (χ0) is 14.6. The maximum absolute atomic E-state index is 11.6. The minimum absolute atomic E-state index is 0.163. The molecule has 0 radical (unpaired) electrons. The van der Waals surface area contributed by atoms with E-state index < -0.39 is 17.9 Å². The number of nitrogens with one attached hydrogen (secondary N) is 2. The molecule has 1 rings (SSSR count). The first-order chi connectivity index (χ1) is 8.81. The molecule has 0 bridgehead atoms. The zero-order valence-corrected chi connectivity index (χ0v) is 12.1. The van der Waals surface area contributed by atoms with Crippen molar-refractivity contribution in [1.29, 1.82) is 0 Å². The van der Waals surface area contributed by atoms with E-state index in [9.17, 15) is 9.59 Å². The molecule has 0 heterocycles. The monoisotopic (exact) mass is 324 g/mol. The van der Waals surface area contributed by atoms with Gasteiger partial charge in [0.2, 0.25) is 5.91 Å². The molecule has 1 amide bonds. The van der Waals surface area contributed by atoms with Gasteiger partial charge in [-0.25, -0.2) is 0 Å². The van der Waals surface area contributed by atoms with Crippen molar-refractivity contribution in [2.75, 3.05) is 11.9 Å². The third-order valence-electron chi connectivity index (χ3n) is 2.22. The number of carbonyl (C=O) groups excluding carboxylic acids is 1. The van der Waals surface area contributed by atoms with Crippen LogP contribution in [-0.2, 0) is 9.59 Å². The summed E-state index contributed by atoms with van der Waals surface area (Å²) in [6.07, 6.45) is 0. The fourth-order valence-corrected chi connectivity index (χ4v) is 1.74. The normalized spacial score (nSPS) is 12.0. The number of amides is 1. The van der Waals surface area contributed by atoms with E-state index in [0.29, 0.717) is 5.69 Å². The van der Waals surface area contributed by atoms with Crippen molar-refractivity contribution in [3.63, 3.8) is 0 Å². The molecule has 0 aliphatic carbocycles. The number of hydrogen-bond acceptors (Lipinski definition) is 3. The molecule has 0 saturated heterocycles. The Bertz CT molecular complexity index is 508. The van der Waals surface area contributed by atoms with Crippen molar-refractivity contribution in [3.05, 3.63) is 27.2 Å². The van der Waals surface area contributed by atoms with Gasteiger partial charge in [0.15, 0.2) is 0 Å². The molecule has 1 atom stereocenters. The Kier molecular flexibility index (Phi) is 5.87. The van der Waals surface area contributed by atoms with E-state index >= 15 is 0 Å². The van der Waals surface area contributed by atoms with Crippen molar-refractivity contribution >= 4 is 52.4 Å². The summed E-state index contributed by atoms with van der Waals surface area (Å²) in [7, 11) is 0. The van der Waals surface area contributed by atoms with Gasteiger partial charge in [-0.2, -0.15) is 0 Å². The smallest absolute Gasteiger partial charge is 0.320 e. The van der Waals surface area contributed by atoms with Crippen LogP contribution in [0.2, 0.25) is 15.1 Å². The quantitative estimate of drug-likeness (QED) is 0.727. The van der Waals surface area contributed by atoms with Crippen molar-refractivity contribution in [3.8, 4) is 0 Å². The number of carboxylic acid groups (broad SMARTS) is 1.